The van der Waals surface area contributed by atoms with E-state index in [0.717, 1.165) is 7.11 Å². The third-order valence-electron chi connectivity index (χ3n) is 0.396. The van der Waals surface area contributed by atoms with Crippen molar-refractivity contribution in [2.24, 2.45) is 0 Å². The molecule has 0 atom stereocenters. The van der Waals surface area contributed by atoms with E-state index in [1.165, 1.54) is 0 Å². The van der Waals surface area contributed by atoms with E-state index >= 15 is 0 Å². The lowest BCUT2D eigenvalue weighted by Crippen LogP contribution is -2.16. The zero-order valence-corrected chi connectivity index (χ0v) is 5.18. The molecule has 0 aliphatic heterocycles. The minimum atomic E-state index is -1.32. The maximum atomic E-state index is 10.1. The molecule has 9 heavy (non-hydrogen) atoms. The second-order valence-electron chi connectivity index (χ2n) is 0.902. The highest BCUT2D eigenvalue weighted by atomic mass is 35.5. The summed E-state index contributed by atoms with van der Waals surface area (Å²) in [7, 11) is 1.07. The van der Waals surface area contributed by atoms with Crippen LogP contribution in [0.15, 0.2) is 0 Å². The molecule has 0 fully saturated rings. The van der Waals surface area contributed by atoms with Crippen molar-refractivity contribution in [2.75, 3.05) is 7.11 Å². The Hall–Kier alpha value is -0.810. The molecule has 0 bridgehead atoms. The molecule has 0 radical (unpaired) electrons. The van der Waals surface area contributed by atoms with Gasteiger partial charge in [0.25, 0.3) is 0 Å². The van der Waals surface area contributed by atoms with Crippen LogP contribution in [-0.2, 0) is 23.7 Å². The first kappa shape index (κ1) is 8.19. The largest absolute Gasteiger partial charge is 0.451 e. The Labute approximate surface area is 55.5 Å². The Morgan fingerprint density at radius 1 is 1.33 bits per heavy atom. The zero-order valence-electron chi connectivity index (χ0n) is 4.42. The Balaban J connectivity index is 3.60. The van der Waals surface area contributed by atoms with Gasteiger partial charge in [0.05, 0.1) is 7.11 Å². The van der Waals surface area contributed by atoms with Crippen molar-refractivity contribution in [3.05, 3.63) is 0 Å². The molecule has 6 heteroatoms. The molecular weight excluding hydrogens is 151 g/mol. The van der Waals surface area contributed by atoms with Gasteiger partial charge in [-0.3, -0.25) is 4.89 Å². The van der Waals surface area contributed by atoms with Crippen LogP contribution >= 0.6 is 11.9 Å². The first-order valence-electron chi connectivity index (χ1n) is 1.80. The topological polar surface area (TPSA) is 61.8 Å². The fourth-order valence-electron chi connectivity index (χ4n) is 0.141. The fraction of sp³-hybridized carbons (Fsp3) is 0.333. The molecule has 0 aliphatic carbocycles. The molecule has 0 spiro atoms. The molecule has 0 aromatic rings. The molecule has 52 valence electrons. The number of hydrogen-bond acceptors (Lipinski definition) is 5. The monoisotopic (exact) mass is 154 g/mol. The fourth-order valence-corrected chi connectivity index (χ4v) is 0.204. The summed E-state index contributed by atoms with van der Waals surface area (Å²) in [5.41, 5.74) is 0. The molecular formula is C3H3ClO5. The molecule has 0 unspecified atom stereocenters. The summed E-state index contributed by atoms with van der Waals surface area (Å²) >= 11 is 4.48. The predicted octanol–water partition coefficient (Wildman–Crippen LogP) is -0.212. The van der Waals surface area contributed by atoms with Gasteiger partial charge in [0.1, 0.15) is 11.9 Å². The second-order valence-corrected chi connectivity index (χ2v) is 1.06. The zero-order chi connectivity index (χ0) is 7.28. The molecule has 0 saturated carbocycles. The molecule has 0 N–H and O–H groups in total. The Morgan fingerprint density at radius 3 is 2.22 bits per heavy atom. The lowest BCUT2D eigenvalue weighted by Gasteiger charge is -1.92. The number of carbonyl (C=O) groups excluding carboxylic acids is 2. The summed E-state index contributed by atoms with van der Waals surface area (Å²) in [6.07, 6.45) is 0. The average Bonchev–Trinajstić information content (AvgIpc) is 1.87. The van der Waals surface area contributed by atoms with Crippen molar-refractivity contribution in [1.29, 1.82) is 0 Å². The highest BCUT2D eigenvalue weighted by Gasteiger charge is 2.17. The van der Waals surface area contributed by atoms with Crippen molar-refractivity contribution in [3.8, 4) is 0 Å². The molecule has 0 aromatic heterocycles. The van der Waals surface area contributed by atoms with Gasteiger partial charge in [0, 0.05) is 0 Å². The van der Waals surface area contributed by atoms with Crippen LogP contribution in [0.25, 0.3) is 0 Å². The van der Waals surface area contributed by atoms with Crippen LogP contribution in [-0.4, -0.2) is 19.0 Å². The third-order valence-corrected chi connectivity index (χ3v) is 0.536. The summed E-state index contributed by atoms with van der Waals surface area (Å²) in [4.78, 5) is 27.6. The minimum Gasteiger partial charge on any atom is -0.338 e. The van der Waals surface area contributed by atoms with Crippen LogP contribution in [0.4, 0.5) is 0 Å². The van der Waals surface area contributed by atoms with Gasteiger partial charge >= 0.3 is 11.9 Å². The first-order chi connectivity index (χ1) is 4.22. The van der Waals surface area contributed by atoms with Crippen LogP contribution in [0.1, 0.15) is 0 Å². The summed E-state index contributed by atoms with van der Waals surface area (Å²) in [6.45, 7) is 0. The number of carbonyl (C=O) groups is 2. The van der Waals surface area contributed by atoms with Crippen LogP contribution in [0, 0.1) is 0 Å². The van der Waals surface area contributed by atoms with Gasteiger partial charge in [0.2, 0.25) is 0 Å². The molecule has 0 amide bonds. The SMILES string of the molecule is COOC(=O)C(=O)OCl. The highest BCUT2D eigenvalue weighted by Crippen LogP contribution is 1.86. The standard InChI is InChI=1S/C3H3ClO5/c1-7-9-3(6)2(5)8-4/h1H3. The molecule has 0 rings (SSSR count). The number of rotatable bonds is 1. The van der Waals surface area contributed by atoms with Crippen molar-refractivity contribution < 1.29 is 23.7 Å². The lowest BCUT2D eigenvalue weighted by molar-refractivity contribution is -0.254. The highest BCUT2D eigenvalue weighted by molar-refractivity contribution is 6.34. The van der Waals surface area contributed by atoms with E-state index in [2.05, 4.69) is 25.9 Å². The molecule has 0 aromatic carbocycles. The summed E-state index contributed by atoms with van der Waals surface area (Å²) < 4.78 is 3.44. The van der Waals surface area contributed by atoms with Crippen LogP contribution in [0.3, 0.4) is 0 Å². The number of halogens is 1. The summed E-state index contributed by atoms with van der Waals surface area (Å²) in [6, 6.07) is 0. The smallest absolute Gasteiger partial charge is 0.338 e. The van der Waals surface area contributed by atoms with Crippen molar-refractivity contribution in [2.45, 2.75) is 0 Å². The lowest BCUT2D eigenvalue weighted by atomic mass is 10.7. The predicted molar refractivity (Wildman–Crippen MR) is 25.0 cm³/mol. The van der Waals surface area contributed by atoms with Crippen molar-refractivity contribution in [3.63, 3.8) is 0 Å². The van der Waals surface area contributed by atoms with Crippen molar-refractivity contribution >= 4 is 23.8 Å². The van der Waals surface area contributed by atoms with E-state index in [0.29, 0.717) is 0 Å². The van der Waals surface area contributed by atoms with E-state index in [9.17, 15) is 9.59 Å². The molecule has 0 heterocycles. The van der Waals surface area contributed by atoms with Gasteiger partial charge in [-0.15, -0.1) is 0 Å². The van der Waals surface area contributed by atoms with Gasteiger partial charge in [-0.25, -0.2) is 9.59 Å². The van der Waals surface area contributed by atoms with Crippen LogP contribution in [0.2, 0.25) is 0 Å². The van der Waals surface area contributed by atoms with E-state index in [4.69, 9.17) is 0 Å². The van der Waals surface area contributed by atoms with E-state index < -0.39 is 11.9 Å². The normalized spacial score (nSPS) is 8.22. The quantitative estimate of drug-likeness (QED) is 0.297. The van der Waals surface area contributed by atoms with Gasteiger partial charge < -0.3 is 4.29 Å². The molecule has 5 nitrogen and oxygen atoms in total. The average molecular weight is 155 g/mol. The minimum absolute atomic E-state index is 1.07. The van der Waals surface area contributed by atoms with E-state index in [1.54, 1.807) is 0 Å². The second kappa shape index (κ2) is 4.11. The van der Waals surface area contributed by atoms with Crippen molar-refractivity contribution in [1.82, 2.24) is 0 Å². The van der Waals surface area contributed by atoms with Gasteiger partial charge in [-0.2, -0.15) is 4.89 Å². The van der Waals surface area contributed by atoms with E-state index in [1.807, 2.05) is 0 Å². The van der Waals surface area contributed by atoms with Gasteiger partial charge in [0.15, 0.2) is 0 Å². The number of hydrogen-bond donors (Lipinski definition) is 0. The third kappa shape index (κ3) is 2.89. The summed E-state index contributed by atoms with van der Waals surface area (Å²) in [5, 5.41) is 0. The Bertz CT molecular complexity index is 121. The first-order valence-corrected chi connectivity index (χ1v) is 2.10. The molecule has 0 saturated heterocycles. The molecule has 0 aliphatic rings. The maximum absolute atomic E-state index is 10.1. The maximum Gasteiger partial charge on any atom is 0.451 e. The Morgan fingerprint density at radius 2 is 1.89 bits per heavy atom. The summed E-state index contributed by atoms with van der Waals surface area (Å²) in [5.74, 6) is -2.62. The Kier molecular flexibility index (Phi) is 3.74. The van der Waals surface area contributed by atoms with Crippen LogP contribution in [0.5, 0.6) is 0 Å². The van der Waals surface area contributed by atoms with E-state index in [-0.39, 0.29) is 0 Å². The van der Waals surface area contributed by atoms with Gasteiger partial charge in [-0.1, -0.05) is 0 Å². The van der Waals surface area contributed by atoms with Crippen LogP contribution < -0.4 is 0 Å². The van der Waals surface area contributed by atoms with Gasteiger partial charge in [-0.05, 0) is 0 Å².